The van der Waals surface area contributed by atoms with Gasteiger partial charge in [0, 0.05) is 32.1 Å². The summed E-state index contributed by atoms with van der Waals surface area (Å²) in [5, 5.41) is 2.91. The fourth-order valence-electron chi connectivity index (χ4n) is 2.68. The summed E-state index contributed by atoms with van der Waals surface area (Å²) in [5.41, 5.74) is 3.92. The van der Waals surface area contributed by atoms with Gasteiger partial charge >= 0.3 is 0 Å². The lowest BCUT2D eigenvalue weighted by Crippen LogP contribution is -2.33. The van der Waals surface area contributed by atoms with Crippen molar-refractivity contribution in [1.82, 2.24) is 4.90 Å². The van der Waals surface area contributed by atoms with E-state index in [1.165, 1.54) is 19.1 Å². The van der Waals surface area contributed by atoms with E-state index in [-0.39, 0.29) is 24.1 Å². The van der Waals surface area contributed by atoms with Crippen molar-refractivity contribution in [2.45, 2.75) is 33.6 Å². The maximum atomic E-state index is 12.9. The van der Waals surface area contributed by atoms with Crippen LogP contribution in [0.2, 0.25) is 0 Å². The molecule has 4 nitrogen and oxygen atoms in total. The molecule has 2 aromatic carbocycles. The maximum Gasteiger partial charge on any atom is 0.226 e. The number of benzene rings is 2. The molecular formula is C21H25FN2O2. The van der Waals surface area contributed by atoms with Gasteiger partial charge in [0.15, 0.2) is 0 Å². The molecule has 138 valence electrons. The van der Waals surface area contributed by atoms with E-state index < -0.39 is 0 Å². The van der Waals surface area contributed by atoms with Gasteiger partial charge in [0.1, 0.15) is 5.82 Å². The van der Waals surface area contributed by atoms with Gasteiger partial charge in [-0.1, -0.05) is 24.3 Å². The molecule has 5 heteroatoms. The first-order valence-electron chi connectivity index (χ1n) is 8.73. The van der Waals surface area contributed by atoms with Crippen molar-refractivity contribution in [3.8, 4) is 0 Å². The Morgan fingerprint density at radius 1 is 1.04 bits per heavy atom. The number of halogens is 1. The molecule has 0 spiro atoms. The number of hydrogen-bond donors (Lipinski definition) is 1. The first-order valence-corrected chi connectivity index (χ1v) is 8.73. The lowest BCUT2D eigenvalue weighted by molar-refractivity contribution is -0.129. The average molecular weight is 356 g/mol. The molecule has 0 aromatic heterocycles. The largest absolute Gasteiger partial charge is 0.342 e. The van der Waals surface area contributed by atoms with Gasteiger partial charge in [-0.25, -0.2) is 4.39 Å². The minimum atomic E-state index is -0.278. The second kappa shape index (κ2) is 9.13. The van der Waals surface area contributed by atoms with E-state index in [0.717, 1.165) is 22.4 Å². The first kappa shape index (κ1) is 19.6. The summed E-state index contributed by atoms with van der Waals surface area (Å²) in [4.78, 5) is 25.7. The molecule has 2 aromatic rings. The summed E-state index contributed by atoms with van der Waals surface area (Å²) in [6.45, 7) is 6.31. The number of carbonyl (C=O) groups excluding carboxylic acids is 2. The summed E-state index contributed by atoms with van der Waals surface area (Å²) in [6.07, 6.45) is 0.856. The standard InChI is InChI=1S/C21H25FN2O2/c1-15-5-4-6-20(16(15)2)23-21(26)12-14-24(17(3)25)13-11-18-7-9-19(22)10-8-18/h4-10H,11-14H2,1-3H3,(H,23,26). The Morgan fingerprint density at radius 2 is 1.73 bits per heavy atom. The fourth-order valence-corrected chi connectivity index (χ4v) is 2.68. The second-order valence-electron chi connectivity index (χ2n) is 6.43. The first-order chi connectivity index (χ1) is 12.4. The monoisotopic (exact) mass is 356 g/mol. The van der Waals surface area contributed by atoms with Crippen LogP contribution in [-0.2, 0) is 16.0 Å². The molecule has 0 saturated carbocycles. The van der Waals surface area contributed by atoms with Crippen LogP contribution in [0.15, 0.2) is 42.5 Å². The zero-order chi connectivity index (χ0) is 19.1. The van der Waals surface area contributed by atoms with Crippen molar-refractivity contribution in [2.75, 3.05) is 18.4 Å². The van der Waals surface area contributed by atoms with Gasteiger partial charge in [0.2, 0.25) is 11.8 Å². The maximum absolute atomic E-state index is 12.9. The van der Waals surface area contributed by atoms with Crippen molar-refractivity contribution < 1.29 is 14.0 Å². The lowest BCUT2D eigenvalue weighted by atomic mass is 10.1. The van der Waals surface area contributed by atoms with Crippen LogP contribution >= 0.6 is 0 Å². The van der Waals surface area contributed by atoms with Crippen LogP contribution in [0, 0.1) is 19.7 Å². The summed E-state index contributed by atoms with van der Waals surface area (Å²) in [7, 11) is 0. The average Bonchev–Trinajstić information content (AvgIpc) is 2.60. The Hall–Kier alpha value is -2.69. The molecule has 0 atom stereocenters. The number of anilines is 1. The van der Waals surface area contributed by atoms with Gasteiger partial charge < -0.3 is 10.2 Å². The van der Waals surface area contributed by atoms with Gasteiger partial charge in [-0.15, -0.1) is 0 Å². The van der Waals surface area contributed by atoms with E-state index in [9.17, 15) is 14.0 Å². The number of rotatable bonds is 7. The lowest BCUT2D eigenvalue weighted by Gasteiger charge is -2.21. The van der Waals surface area contributed by atoms with Gasteiger partial charge in [-0.05, 0) is 55.2 Å². The van der Waals surface area contributed by atoms with E-state index in [1.807, 2.05) is 32.0 Å². The van der Waals surface area contributed by atoms with Crippen LogP contribution < -0.4 is 5.32 Å². The van der Waals surface area contributed by atoms with E-state index in [0.29, 0.717) is 19.5 Å². The SMILES string of the molecule is CC(=O)N(CCC(=O)Nc1cccc(C)c1C)CCc1ccc(F)cc1. The van der Waals surface area contributed by atoms with Crippen LogP contribution in [0.4, 0.5) is 10.1 Å². The number of nitrogens with one attached hydrogen (secondary N) is 1. The third kappa shape index (κ3) is 5.69. The van der Waals surface area contributed by atoms with Crippen LogP contribution in [0.25, 0.3) is 0 Å². The predicted molar refractivity (Wildman–Crippen MR) is 102 cm³/mol. The minimum Gasteiger partial charge on any atom is -0.342 e. The van der Waals surface area contributed by atoms with Gasteiger partial charge in [0.05, 0.1) is 0 Å². The smallest absolute Gasteiger partial charge is 0.226 e. The molecule has 0 heterocycles. The summed E-state index contributed by atoms with van der Waals surface area (Å²) in [5.74, 6) is -0.473. The molecule has 1 N–H and O–H groups in total. The highest BCUT2D eigenvalue weighted by Gasteiger charge is 2.12. The number of hydrogen-bond acceptors (Lipinski definition) is 2. The van der Waals surface area contributed by atoms with Crippen LogP contribution in [-0.4, -0.2) is 29.8 Å². The fraction of sp³-hybridized carbons (Fsp3) is 0.333. The minimum absolute atomic E-state index is 0.0772. The quantitative estimate of drug-likeness (QED) is 0.819. The molecule has 2 rings (SSSR count). The van der Waals surface area contributed by atoms with Gasteiger partial charge in [0.25, 0.3) is 0 Å². The Morgan fingerprint density at radius 3 is 2.38 bits per heavy atom. The van der Waals surface area contributed by atoms with Crippen molar-refractivity contribution in [3.05, 3.63) is 65.0 Å². The Balaban J connectivity index is 1.87. The second-order valence-corrected chi connectivity index (χ2v) is 6.43. The van der Waals surface area contributed by atoms with E-state index in [4.69, 9.17) is 0 Å². The Bertz CT molecular complexity index is 772. The number of aryl methyl sites for hydroxylation is 1. The molecule has 26 heavy (non-hydrogen) atoms. The molecule has 0 bridgehead atoms. The van der Waals surface area contributed by atoms with Crippen LogP contribution in [0.5, 0.6) is 0 Å². The molecular weight excluding hydrogens is 331 g/mol. The zero-order valence-electron chi connectivity index (χ0n) is 15.5. The molecule has 0 aliphatic carbocycles. The third-order valence-corrected chi connectivity index (χ3v) is 4.52. The van der Waals surface area contributed by atoms with Crippen molar-refractivity contribution >= 4 is 17.5 Å². The highest BCUT2D eigenvalue weighted by atomic mass is 19.1. The van der Waals surface area contributed by atoms with Crippen LogP contribution in [0.1, 0.15) is 30.0 Å². The van der Waals surface area contributed by atoms with Crippen molar-refractivity contribution in [1.29, 1.82) is 0 Å². The highest BCUT2D eigenvalue weighted by Crippen LogP contribution is 2.18. The topological polar surface area (TPSA) is 49.4 Å². The predicted octanol–water partition coefficient (Wildman–Crippen LogP) is 3.86. The van der Waals surface area contributed by atoms with Gasteiger partial charge in [-0.2, -0.15) is 0 Å². The highest BCUT2D eigenvalue weighted by molar-refractivity contribution is 5.92. The normalized spacial score (nSPS) is 10.5. The number of amides is 2. The molecule has 0 radical (unpaired) electrons. The number of nitrogens with zero attached hydrogens (tertiary/aromatic N) is 1. The number of carbonyl (C=O) groups is 2. The van der Waals surface area contributed by atoms with E-state index in [1.54, 1.807) is 17.0 Å². The van der Waals surface area contributed by atoms with E-state index in [2.05, 4.69) is 5.32 Å². The van der Waals surface area contributed by atoms with Crippen LogP contribution in [0.3, 0.4) is 0 Å². The zero-order valence-corrected chi connectivity index (χ0v) is 15.5. The molecule has 0 fully saturated rings. The molecule has 0 aliphatic heterocycles. The summed E-state index contributed by atoms with van der Waals surface area (Å²) >= 11 is 0. The molecule has 0 unspecified atom stereocenters. The summed E-state index contributed by atoms with van der Waals surface area (Å²) in [6, 6.07) is 12.0. The molecule has 0 saturated heterocycles. The third-order valence-electron chi connectivity index (χ3n) is 4.52. The molecule has 0 aliphatic rings. The summed E-state index contributed by atoms with van der Waals surface area (Å²) < 4.78 is 12.9. The van der Waals surface area contributed by atoms with Crippen molar-refractivity contribution in [2.24, 2.45) is 0 Å². The Kier molecular flexibility index (Phi) is 6.89. The molecule has 2 amide bonds. The van der Waals surface area contributed by atoms with Crippen molar-refractivity contribution in [3.63, 3.8) is 0 Å². The Labute approximate surface area is 154 Å². The van der Waals surface area contributed by atoms with Gasteiger partial charge in [-0.3, -0.25) is 9.59 Å². The van der Waals surface area contributed by atoms with E-state index >= 15 is 0 Å².